The van der Waals surface area contributed by atoms with Crippen molar-refractivity contribution in [3.05, 3.63) is 47.7 Å². The molecule has 0 unspecified atom stereocenters. The van der Waals surface area contributed by atoms with Gasteiger partial charge in [0, 0.05) is 17.0 Å². The predicted octanol–water partition coefficient (Wildman–Crippen LogP) is 3.60. The summed E-state index contributed by atoms with van der Waals surface area (Å²) in [6, 6.07) is 7.03. The number of halogens is 1. The fourth-order valence-corrected chi connectivity index (χ4v) is 2.57. The van der Waals surface area contributed by atoms with Crippen LogP contribution in [0.25, 0.3) is 0 Å². The molecule has 0 fully saturated rings. The van der Waals surface area contributed by atoms with Crippen LogP contribution in [0.15, 0.2) is 44.7 Å². The van der Waals surface area contributed by atoms with E-state index in [4.69, 9.17) is 4.42 Å². The third-order valence-corrected chi connectivity index (χ3v) is 3.71. The highest BCUT2D eigenvalue weighted by Gasteiger charge is 2.11. The third-order valence-electron chi connectivity index (χ3n) is 2.46. The second-order valence-electron chi connectivity index (χ2n) is 3.69. The van der Waals surface area contributed by atoms with E-state index in [0.717, 1.165) is 15.6 Å². The highest BCUT2D eigenvalue weighted by atomic mass is 32.2. The van der Waals surface area contributed by atoms with E-state index in [1.165, 1.54) is 17.8 Å². The maximum absolute atomic E-state index is 13.7. The van der Waals surface area contributed by atoms with Crippen molar-refractivity contribution in [3.8, 4) is 0 Å². The summed E-state index contributed by atoms with van der Waals surface area (Å²) in [7, 11) is 1.81. The Morgan fingerprint density at radius 2 is 2.12 bits per heavy atom. The molecule has 0 aliphatic heterocycles. The van der Waals surface area contributed by atoms with Crippen LogP contribution in [0.4, 0.5) is 4.39 Å². The first kappa shape index (κ1) is 12.2. The molecule has 0 bridgehead atoms. The minimum atomic E-state index is -0.175. The Labute approximate surface area is 104 Å². The summed E-state index contributed by atoms with van der Waals surface area (Å²) >= 11 is 1.53. The molecule has 0 spiro atoms. The molecule has 0 aliphatic carbocycles. The number of rotatable bonds is 4. The van der Waals surface area contributed by atoms with E-state index in [-0.39, 0.29) is 5.82 Å². The van der Waals surface area contributed by atoms with Gasteiger partial charge in [-0.3, -0.25) is 0 Å². The maximum Gasteiger partial charge on any atom is 0.128 e. The number of aryl methyl sites for hydroxylation is 1. The van der Waals surface area contributed by atoms with Gasteiger partial charge in [0.25, 0.3) is 0 Å². The van der Waals surface area contributed by atoms with Crippen molar-refractivity contribution in [2.24, 2.45) is 0 Å². The third kappa shape index (κ3) is 2.70. The summed E-state index contributed by atoms with van der Waals surface area (Å²) in [4.78, 5) is 1.94. The van der Waals surface area contributed by atoms with Gasteiger partial charge in [-0.15, -0.1) is 0 Å². The molecule has 0 radical (unpaired) electrons. The van der Waals surface area contributed by atoms with Crippen LogP contribution in [0.3, 0.4) is 0 Å². The molecule has 4 heteroatoms. The van der Waals surface area contributed by atoms with E-state index in [1.807, 2.05) is 26.1 Å². The minimum Gasteiger partial charge on any atom is -0.468 e. The summed E-state index contributed by atoms with van der Waals surface area (Å²) in [5.74, 6) is 0.681. The Morgan fingerprint density at radius 3 is 2.76 bits per heavy atom. The lowest BCUT2D eigenvalue weighted by molar-refractivity contribution is 0.527. The van der Waals surface area contributed by atoms with Crippen LogP contribution in [0.2, 0.25) is 0 Å². The van der Waals surface area contributed by atoms with Crippen LogP contribution < -0.4 is 5.32 Å². The molecule has 1 heterocycles. The largest absolute Gasteiger partial charge is 0.468 e. The zero-order valence-corrected chi connectivity index (χ0v) is 10.6. The van der Waals surface area contributed by atoms with Crippen LogP contribution in [-0.4, -0.2) is 7.05 Å². The van der Waals surface area contributed by atoms with E-state index in [0.29, 0.717) is 12.1 Å². The number of furan rings is 1. The lowest BCUT2D eigenvalue weighted by atomic mass is 10.2. The molecule has 1 aromatic carbocycles. The van der Waals surface area contributed by atoms with Gasteiger partial charge < -0.3 is 9.73 Å². The molecule has 17 heavy (non-hydrogen) atoms. The molecule has 90 valence electrons. The van der Waals surface area contributed by atoms with Gasteiger partial charge in [0.2, 0.25) is 0 Å². The van der Waals surface area contributed by atoms with Crippen LogP contribution in [0, 0.1) is 12.7 Å². The number of nitrogens with one attached hydrogen (secondary N) is 1. The van der Waals surface area contributed by atoms with Gasteiger partial charge in [-0.2, -0.15) is 0 Å². The molecular weight excluding hydrogens is 237 g/mol. The maximum atomic E-state index is 13.7. The Morgan fingerprint density at radius 1 is 1.29 bits per heavy atom. The zero-order chi connectivity index (χ0) is 12.3. The van der Waals surface area contributed by atoms with Crippen molar-refractivity contribution in [3.63, 3.8) is 0 Å². The standard InChI is InChI=1S/C13H14FNOS/c1-9-12(6-7-16-9)17-13-5-3-4-11(14)10(13)8-15-2/h3-7,15H,8H2,1-2H3. The van der Waals surface area contributed by atoms with Gasteiger partial charge in [-0.05, 0) is 32.2 Å². The SMILES string of the molecule is CNCc1c(F)cccc1Sc1ccoc1C. The van der Waals surface area contributed by atoms with Gasteiger partial charge in [0.05, 0.1) is 11.2 Å². The van der Waals surface area contributed by atoms with Crippen molar-refractivity contribution in [1.29, 1.82) is 0 Å². The average Bonchev–Trinajstić information content (AvgIpc) is 2.70. The Balaban J connectivity index is 2.32. The van der Waals surface area contributed by atoms with Crippen LogP contribution >= 0.6 is 11.8 Å². The monoisotopic (exact) mass is 251 g/mol. The number of hydrogen-bond acceptors (Lipinski definition) is 3. The fourth-order valence-electron chi connectivity index (χ4n) is 1.58. The molecule has 0 aliphatic rings. The quantitative estimate of drug-likeness (QED) is 0.898. The van der Waals surface area contributed by atoms with Crippen LogP contribution in [-0.2, 0) is 6.54 Å². The van der Waals surface area contributed by atoms with Crippen molar-refractivity contribution in [2.75, 3.05) is 7.05 Å². The molecule has 0 saturated heterocycles. The molecule has 2 nitrogen and oxygen atoms in total. The minimum absolute atomic E-state index is 0.175. The number of hydrogen-bond donors (Lipinski definition) is 1. The molecule has 0 atom stereocenters. The molecule has 2 rings (SSSR count). The molecule has 0 saturated carbocycles. The summed E-state index contributed by atoms with van der Waals surface area (Å²) in [6.45, 7) is 2.42. The molecule has 0 amide bonds. The highest BCUT2D eigenvalue weighted by molar-refractivity contribution is 7.99. The van der Waals surface area contributed by atoms with Gasteiger partial charge >= 0.3 is 0 Å². The van der Waals surface area contributed by atoms with Gasteiger partial charge in [-0.25, -0.2) is 4.39 Å². The van der Waals surface area contributed by atoms with E-state index >= 15 is 0 Å². The molecule has 2 aromatic rings. The van der Waals surface area contributed by atoms with Gasteiger partial charge in [0.15, 0.2) is 0 Å². The van der Waals surface area contributed by atoms with E-state index < -0.39 is 0 Å². The molecule has 1 N–H and O–H groups in total. The Bertz CT molecular complexity index is 510. The normalized spacial score (nSPS) is 10.8. The second-order valence-corrected chi connectivity index (χ2v) is 4.77. The first-order valence-corrected chi connectivity index (χ1v) is 6.18. The average molecular weight is 251 g/mol. The lowest BCUT2D eigenvalue weighted by Gasteiger charge is -2.09. The highest BCUT2D eigenvalue weighted by Crippen LogP contribution is 2.34. The fraction of sp³-hybridized carbons (Fsp3) is 0.231. The summed E-state index contributed by atoms with van der Waals surface area (Å²) < 4.78 is 18.9. The second kappa shape index (κ2) is 5.38. The van der Waals surface area contributed by atoms with Crippen molar-refractivity contribution in [2.45, 2.75) is 23.3 Å². The molecular formula is C13H14FNOS. The van der Waals surface area contributed by atoms with Crippen molar-refractivity contribution in [1.82, 2.24) is 5.32 Å². The van der Waals surface area contributed by atoms with E-state index in [2.05, 4.69) is 5.32 Å². The first-order valence-electron chi connectivity index (χ1n) is 5.36. The van der Waals surface area contributed by atoms with Crippen molar-refractivity contribution >= 4 is 11.8 Å². The smallest absolute Gasteiger partial charge is 0.128 e. The van der Waals surface area contributed by atoms with Crippen LogP contribution in [0.1, 0.15) is 11.3 Å². The first-order chi connectivity index (χ1) is 8.22. The zero-order valence-electron chi connectivity index (χ0n) is 9.79. The van der Waals surface area contributed by atoms with E-state index in [1.54, 1.807) is 12.3 Å². The summed E-state index contributed by atoms with van der Waals surface area (Å²) in [6.07, 6.45) is 1.65. The van der Waals surface area contributed by atoms with E-state index in [9.17, 15) is 4.39 Å². The van der Waals surface area contributed by atoms with Gasteiger partial charge in [0.1, 0.15) is 11.6 Å². The summed E-state index contributed by atoms with van der Waals surface area (Å²) in [5.41, 5.74) is 0.695. The predicted molar refractivity (Wildman–Crippen MR) is 66.7 cm³/mol. The Hall–Kier alpha value is -1.26. The number of benzene rings is 1. The topological polar surface area (TPSA) is 25.2 Å². The van der Waals surface area contributed by atoms with Crippen molar-refractivity contribution < 1.29 is 8.81 Å². The van der Waals surface area contributed by atoms with Gasteiger partial charge in [-0.1, -0.05) is 17.8 Å². The van der Waals surface area contributed by atoms with Crippen LogP contribution in [0.5, 0.6) is 0 Å². The lowest BCUT2D eigenvalue weighted by Crippen LogP contribution is -2.08. The Kier molecular flexibility index (Phi) is 3.86. The summed E-state index contributed by atoms with van der Waals surface area (Å²) in [5, 5.41) is 2.98. The molecule has 1 aromatic heterocycles.